The van der Waals surface area contributed by atoms with Crippen LogP contribution < -0.4 is 4.74 Å². The molecule has 0 saturated heterocycles. The van der Waals surface area contributed by atoms with Crippen LogP contribution in [0.25, 0.3) is 33.3 Å². The van der Waals surface area contributed by atoms with Crippen LogP contribution in [0.2, 0.25) is 0 Å². The summed E-state index contributed by atoms with van der Waals surface area (Å²) in [6, 6.07) is 26.0. The SMILES string of the molecule is CCCCc1ccnc(-n2c3ccccc3c3ccc(Oc4cc(-n5nc(C)c([C@H]6C(C)=C[C@H](C)C[C@@H]6C)c5C)cc(C(C)(C)C)c4)cc32)c1. The number of hydrogen-bond donors (Lipinski definition) is 0. The quantitative estimate of drug-likeness (QED) is 0.152. The third-order valence-corrected chi connectivity index (χ3v) is 10.7. The van der Waals surface area contributed by atoms with Crippen LogP contribution in [0.15, 0.2) is 90.6 Å². The normalized spacial score (nSPS) is 18.2. The molecular formula is C45H52N4O. The Kier molecular flexibility index (Phi) is 8.96. The molecule has 1 aliphatic carbocycles. The van der Waals surface area contributed by atoms with E-state index in [0.717, 1.165) is 46.2 Å². The van der Waals surface area contributed by atoms with Crippen molar-refractivity contribution >= 4 is 21.8 Å². The van der Waals surface area contributed by atoms with E-state index in [1.165, 1.54) is 58.0 Å². The maximum absolute atomic E-state index is 6.80. The van der Waals surface area contributed by atoms with Gasteiger partial charge in [0.1, 0.15) is 17.3 Å². The Hall–Kier alpha value is -4.64. The number of aryl methyl sites for hydroxylation is 2. The van der Waals surface area contributed by atoms with E-state index in [0.29, 0.717) is 17.8 Å². The number of rotatable bonds is 8. The molecule has 0 spiro atoms. The number of aromatic nitrogens is 4. The van der Waals surface area contributed by atoms with Gasteiger partial charge in [-0.2, -0.15) is 5.10 Å². The number of nitrogens with zero attached hydrogens (tertiary/aromatic N) is 4. The van der Waals surface area contributed by atoms with Gasteiger partial charge in [0.15, 0.2) is 0 Å². The minimum absolute atomic E-state index is 0.0781. The van der Waals surface area contributed by atoms with Gasteiger partial charge in [-0.05, 0) is 111 Å². The molecule has 0 radical (unpaired) electrons. The molecule has 50 heavy (non-hydrogen) atoms. The molecule has 0 bridgehead atoms. The lowest BCUT2D eigenvalue weighted by Crippen LogP contribution is -2.20. The number of fused-ring (bicyclic) bond motifs is 3. The summed E-state index contributed by atoms with van der Waals surface area (Å²) >= 11 is 0. The Morgan fingerprint density at radius 1 is 0.860 bits per heavy atom. The molecule has 0 fully saturated rings. The monoisotopic (exact) mass is 664 g/mol. The lowest BCUT2D eigenvalue weighted by Gasteiger charge is -2.32. The van der Waals surface area contributed by atoms with Crippen LogP contribution in [0.4, 0.5) is 0 Å². The molecule has 5 heteroatoms. The number of unbranched alkanes of at least 4 members (excludes halogenated alkanes) is 1. The second-order valence-electron chi connectivity index (χ2n) is 15.8. The molecule has 5 nitrogen and oxygen atoms in total. The second kappa shape index (κ2) is 13.2. The third-order valence-electron chi connectivity index (χ3n) is 10.7. The van der Waals surface area contributed by atoms with Gasteiger partial charge in [0.25, 0.3) is 0 Å². The van der Waals surface area contributed by atoms with Crippen LogP contribution in [0.1, 0.15) is 102 Å². The molecule has 3 heterocycles. The molecule has 3 aromatic carbocycles. The van der Waals surface area contributed by atoms with E-state index in [-0.39, 0.29) is 5.41 Å². The smallest absolute Gasteiger partial charge is 0.137 e. The average molecular weight is 665 g/mol. The lowest BCUT2D eigenvalue weighted by atomic mass is 9.72. The first kappa shape index (κ1) is 33.8. The van der Waals surface area contributed by atoms with Gasteiger partial charge >= 0.3 is 0 Å². The molecule has 0 N–H and O–H groups in total. The molecule has 0 unspecified atom stereocenters. The molecule has 6 aromatic rings. The molecule has 0 saturated carbocycles. The van der Waals surface area contributed by atoms with Crippen molar-refractivity contribution in [1.29, 1.82) is 0 Å². The number of allylic oxidation sites excluding steroid dienone is 2. The number of pyridine rings is 1. The first-order chi connectivity index (χ1) is 23.9. The van der Waals surface area contributed by atoms with Gasteiger partial charge in [0.05, 0.1) is 22.4 Å². The molecule has 3 atom stereocenters. The summed E-state index contributed by atoms with van der Waals surface area (Å²) in [4.78, 5) is 4.86. The van der Waals surface area contributed by atoms with E-state index in [1.807, 2.05) is 6.20 Å². The predicted molar refractivity (Wildman–Crippen MR) is 208 cm³/mol. The van der Waals surface area contributed by atoms with Crippen molar-refractivity contribution in [2.75, 3.05) is 0 Å². The lowest BCUT2D eigenvalue weighted by molar-refractivity contribution is 0.390. The minimum Gasteiger partial charge on any atom is -0.457 e. The largest absolute Gasteiger partial charge is 0.457 e. The van der Waals surface area contributed by atoms with Gasteiger partial charge in [-0.1, -0.05) is 77.8 Å². The fourth-order valence-electron chi connectivity index (χ4n) is 8.37. The van der Waals surface area contributed by atoms with Gasteiger partial charge in [-0.3, -0.25) is 4.57 Å². The Bertz CT molecular complexity index is 2230. The van der Waals surface area contributed by atoms with Crippen molar-refractivity contribution in [2.24, 2.45) is 11.8 Å². The summed E-state index contributed by atoms with van der Waals surface area (Å²) in [5, 5.41) is 7.57. The zero-order chi connectivity index (χ0) is 35.3. The van der Waals surface area contributed by atoms with Crippen LogP contribution >= 0.6 is 0 Å². The Morgan fingerprint density at radius 3 is 2.40 bits per heavy atom. The van der Waals surface area contributed by atoms with Gasteiger partial charge in [-0.15, -0.1) is 0 Å². The summed E-state index contributed by atoms with van der Waals surface area (Å²) in [6.45, 7) is 20.4. The highest BCUT2D eigenvalue weighted by atomic mass is 16.5. The highest BCUT2D eigenvalue weighted by Crippen LogP contribution is 2.43. The van der Waals surface area contributed by atoms with Crippen LogP contribution in [0, 0.1) is 25.7 Å². The average Bonchev–Trinajstić information content (AvgIpc) is 3.56. The highest BCUT2D eigenvalue weighted by molar-refractivity contribution is 6.09. The predicted octanol–water partition coefficient (Wildman–Crippen LogP) is 12.1. The van der Waals surface area contributed by atoms with E-state index < -0.39 is 0 Å². The summed E-state index contributed by atoms with van der Waals surface area (Å²) in [5.74, 6) is 4.12. The van der Waals surface area contributed by atoms with E-state index in [9.17, 15) is 0 Å². The number of ether oxygens (including phenoxy) is 1. The fourth-order valence-corrected chi connectivity index (χ4v) is 8.37. The fraction of sp³-hybridized carbons (Fsp3) is 0.378. The summed E-state index contributed by atoms with van der Waals surface area (Å²) in [5.41, 5.74) is 10.8. The van der Waals surface area contributed by atoms with Crippen LogP contribution in [-0.2, 0) is 11.8 Å². The van der Waals surface area contributed by atoms with Gasteiger partial charge in [0.2, 0.25) is 0 Å². The number of benzene rings is 3. The van der Waals surface area contributed by atoms with Crippen molar-refractivity contribution in [3.63, 3.8) is 0 Å². The maximum Gasteiger partial charge on any atom is 0.137 e. The van der Waals surface area contributed by atoms with E-state index >= 15 is 0 Å². The minimum atomic E-state index is -0.0781. The van der Waals surface area contributed by atoms with Crippen molar-refractivity contribution < 1.29 is 4.74 Å². The number of hydrogen-bond acceptors (Lipinski definition) is 3. The Balaban J connectivity index is 1.32. The molecule has 1 aliphatic rings. The molecular weight excluding hydrogens is 613 g/mol. The van der Waals surface area contributed by atoms with Gasteiger partial charge < -0.3 is 4.74 Å². The molecule has 0 aliphatic heterocycles. The van der Waals surface area contributed by atoms with Gasteiger partial charge in [-0.25, -0.2) is 9.67 Å². The van der Waals surface area contributed by atoms with E-state index in [1.54, 1.807) is 0 Å². The van der Waals surface area contributed by atoms with Crippen LogP contribution in [0.3, 0.4) is 0 Å². The van der Waals surface area contributed by atoms with E-state index in [4.69, 9.17) is 14.8 Å². The van der Waals surface area contributed by atoms with Crippen molar-refractivity contribution in [3.05, 3.63) is 119 Å². The number of para-hydroxylation sites is 1. The molecule has 7 rings (SSSR count). The summed E-state index contributed by atoms with van der Waals surface area (Å²) in [7, 11) is 0. The summed E-state index contributed by atoms with van der Waals surface area (Å²) < 4.78 is 11.2. The summed E-state index contributed by atoms with van der Waals surface area (Å²) in [6.07, 6.45) is 8.99. The highest BCUT2D eigenvalue weighted by Gasteiger charge is 2.31. The topological polar surface area (TPSA) is 44.9 Å². The standard InChI is InChI=1S/C45H52N4O/c1-10-11-14-33-19-20-46-42(23-33)48-40-16-13-12-15-38(40)39-18-17-36(27-41(39)48)50-37-25-34(45(7,8)9)24-35(26-37)49-32(6)44(31(5)47-49)43-29(3)21-28(2)22-30(43)4/h12-13,15-21,23-28,30,43H,10-11,14,22H2,1-9H3/t28-,30-,43-/m0/s1. The third kappa shape index (κ3) is 6.27. The maximum atomic E-state index is 6.80. The van der Waals surface area contributed by atoms with Crippen LogP contribution in [0.5, 0.6) is 11.5 Å². The zero-order valence-electron chi connectivity index (χ0n) is 31.3. The molecule has 0 amide bonds. The zero-order valence-corrected chi connectivity index (χ0v) is 31.3. The van der Waals surface area contributed by atoms with Gasteiger partial charge in [0, 0.05) is 46.3 Å². The molecule has 3 aromatic heterocycles. The van der Waals surface area contributed by atoms with E-state index in [2.05, 4.69) is 150 Å². The van der Waals surface area contributed by atoms with Crippen LogP contribution in [-0.4, -0.2) is 19.3 Å². The Labute approximate surface area is 298 Å². The first-order valence-electron chi connectivity index (χ1n) is 18.5. The van der Waals surface area contributed by atoms with Crippen molar-refractivity contribution in [3.8, 4) is 23.0 Å². The Morgan fingerprint density at radius 2 is 1.64 bits per heavy atom. The second-order valence-corrected chi connectivity index (χ2v) is 15.8. The first-order valence-corrected chi connectivity index (χ1v) is 18.5. The van der Waals surface area contributed by atoms with Crippen molar-refractivity contribution in [1.82, 2.24) is 19.3 Å². The molecule has 258 valence electrons. The van der Waals surface area contributed by atoms with Crippen molar-refractivity contribution in [2.45, 2.75) is 99.3 Å².